The lowest BCUT2D eigenvalue weighted by atomic mass is 9.98. The molecule has 0 unspecified atom stereocenters. The molecule has 0 radical (unpaired) electrons. The quantitative estimate of drug-likeness (QED) is 0.705. The van der Waals surface area contributed by atoms with E-state index in [0.717, 1.165) is 67.1 Å². The molecule has 27 heavy (non-hydrogen) atoms. The maximum Gasteiger partial charge on any atom is 0.273 e. The number of amides is 1. The summed E-state index contributed by atoms with van der Waals surface area (Å²) in [6.45, 7) is 3.82. The normalized spacial score (nSPS) is 20.0. The van der Waals surface area contributed by atoms with Crippen LogP contribution in [-0.4, -0.2) is 59.0 Å². The van der Waals surface area contributed by atoms with Crippen molar-refractivity contribution in [3.8, 4) is 5.19 Å². The molecule has 144 valence electrons. The second-order valence-electron chi connectivity index (χ2n) is 7.18. The first kappa shape index (κ1) is 18.9. The van der Waals surface area contributed by atoms with Gasteiger partial charge in [0.1, 0.15) is 6.10 Å². The number of carbonyl (C=O) groups is 1. The monoisotopic (exact) mass is 449 g/mol. The van der Waals surface area contributed by atoms with Crippen molar-refractivity contribution >= 4 is 33.2 Å². The molecule has 4 rings (SSSR count). The van der Waals surface area contributed by atoms with Crippen LogP contribution in [0.15, 0.2) is 40.3 Å². The van der Waals surface area contributed by atoms with Gasteiger partial charge in [-0.1, -0.05) is 33.3 Å². The molecule has 1 amide bonds. The highest BCUT2D eigenvalue weighted by Crippen LogP contribution is 2.25. The molecule has 0 aliphatic carbocycles. The molecule has 0 atom stereocenters. The second kappa shape index (κ2) is 8.71. The van der Waals surface area contributed by atoms with E-state index in [0.29, 0.717) is 6.04 Å². The van der Waals surface area contributed by atoms with Gasteiger partial charge in [0.25, 0.3) is 11.1 Å². The first-order valence-corrected chi connectivity index (χ1v) is 11.2. The molecule has 0 bridgehead atoms. The highest BCUT2D eigenvalue weighted by Gasteiger charge is 2.30. The van der Waals surface area contributed by atoms with Crippen LogP contribution < -0.4 is 4.74 Å². The number of nitrogens with zero attached hydrogens (tertiary/aromatic N) is 3. The van der Waals surface area contributed by atoms with Gasteiger partial charge in [0.2, 0.25) is 0 Å². The summed E-state index contributed by atoms with van der Waals surface area (Å²) in [5, 5.41) is 2.74. The Morgan fingerprint density at radius 3 is 2.59 bits per heavy atom. The van der Waals surface area contributed by atoms with Gasteiger partial charge in [-0.25, -0.2) is 4.98 Å². The van der Waals surface area contributed by atoms with Crippen LogP contribution in [-0.2, 0) is 0 Å². The van der Waals surface area contributed by atoms with Crippen molar-refractivity contribution in [1.82, 2.24) is 14.8 Å². The standard InChI is InChI=1S/C20H24BrN3O2S/c21-16-3-1-2-15(14-16)19(25)24-9-4-17(5-10-24)23-11-6-18(7-12-23)26-20-22-8-13-27-20/h1-3,8,13-14,17-18H,4-7,9-12H2. The molecule has 0 N–H and O–H groups in total. The predicted molar refractivity (Wildman–Crippen MR) is 110 cm³/mol. The average molecular weight is 450 g/mol. The van der Waals surface area contributed by atoms with Gasteiger partial charge in [-0.2, -0.15) is 0 Å². The van der Waals surface area contributed by atoms with Crippen LogP contribution in [0.2, 0.25) is 0 Å². The highest BCUT2D eigenvalue weighted by atomic mass is 79.9. The minimum atomic E-state index is 0.144. The highest BCUT2D eigenvalue weighted by molar-refractivity contribution is 9.10. The fourth-order valence-electron chi connectivity index (χ4n) is 4.01. The van der Waals surface area contributed by atoms with E-state index in [2.05, 4.69) is 25.8 Å². The van der Waals surface area contributed by atoms with Gasteiger partial charge in [0, 0.05) is 53.8 Å². The zero-order chi connectivity index (χ0) is 18.6. The maximum absolute atomic E-state index is 12.7. The summed E-state index contributed by atoms with van der Waals surface area (Å²) in [7, 11) is 0. The number of halogens is 1. The van der Waals surface area contributed by atoms with Gasteiger partial charge >= 0.3 is 0 Å². The summed E-state index contributed by atoms with van der Waals surface area (Å²) < 4.78 is 6.91. The fourth-order valence-corrected chi connectivity index (χ4v) is 4.96. The van der Waals surface area contributed by atoms with Crippen LogP contribution >= 0.6 is 27.3 Å². The van der Waals surface area contributed by atoms with Crippen LogP contribution in [0.3, 0.4) is 0 Å². The molecule has 2 aromatic rings. The van der Waals surface area contributed by atoms with E-state index < -0.39 is 0 Å². The number of ether oxygens (including phenoxy) is 1. The summed E-state index contributed by atoms with van der Waals surface area (Å²) in [6.07, 6.45) is 6.28. The molecule has 2 saturated heterocycles. The molecular formula is C20H24BrN3O2S. The van der Waals surface area contributed by atoms with Gasteiger partial charge in [-0.05, 0) is 43.9 Å². The molecule has 1 aromatic heterocycles. The molecule has 3 heterocycles. The van der Waals surface area contributed by atoms with E-state index in [1.54, 1.807) is 17.5 Å². The lowest BCUT2D eigenvalue weighted by Gasteiger charge is -2.41. The number of aromatic nitrogens is 1. The Bertz CT molecular complexity index is 754. The Labute approximate surface area is 172 Å². The lowest BCUT2D eigenvalue weighted by molar-refractivity contribution is 0.0425. The lowest BCUT2D eigenvalue weighted by Crippen LogP contribution is -2.50. The van der Waals surface area contributed by atoms with Crippen molar-refractivity contribution in [1.29, 1.82) is 0 Å². The number of likely N-dealkylation sites (tertiary alicyclic amines) is 2. The zero-order valence-corrected chi connectivity index (χ0v) is 17.6. The summed E-state index contributed by atoms with van der Waals surface area (Å²) >= 11 is 5.01. The van der Waals surface area contributed by atoms with Crippen molar-refractivity contribution in [2.75, 3.05) is 26.2 Å². The third kappa shape index (κ3) is 4.70. The molecular weight excluding hydrogens is 426 g/mol. The van der Waals surface area contributed by atoms with E-state index in [-0.39, 0.29) is 12.0 Å². The minimum Gasteiger partial charge on any atom is -0.467 e. The summed E-state index contributed by atoms with van der Waals surface area (Å²) in [5.74, 6) is 0.144. The van der Waals surface area contributed by atoms with Crippen LogP contribution in [0.5, 0.6) is 5.19 Å². The van der Waals surface area contributed by atoms with Gasteiger partial charge < -0.3 is 9.64 Å². The Morgan fingerprint density at radius 1 is 1.15 bits per heavy atom. The van der Waals surface area contributed by atoms with Gasteiger partial charge in [0.15, 0.2) is 0 Å². The number of hydrogen-bond acceptors (Lipinski definition) is 5. The largest absolute Gasteiger partial charge is 0.467 e. The maximum atomic E-state index is 12.7. The zero-order valence-electron chi connectivity index (χ0n) is 15.2. The molecule has 0 spiro atoms. The third-order valence-corrected chi connectivity index (χ3v) is 6.65. The van der Waals surface area contributed by atoms with Crippen molar-refractivity contribution in [3.05, 3.63) is 45.9 Å². The van der Waals surface area contributed by atoms with Crippen LogP contribution in [0.4, 0.5) is 0 Å². The Morgan fingerprint density at radius 2 is 1.93 bits per heavy atom. The first-order valence-electron chi connectivity index (χ1n) is 9.54. The number of benzene rings is 1. The SMILES string of the molecule is O=C(c1cccc(Br)c1)N1CCC(N2CCC(Oc3nccs3)CC2)CC1. The molecule has 5 nitrogen and oxygen atoms in total. The minimum absolute atomic E-state index is 0.144. The number of piperidine rings is 2. The van der Waals surface area contributed by atoms with Crippen LogP contribution in [0.25, 0.3) is 0 Å². The van der Waals surface area contributed by atoms with Gasteiger partial charge in [-0.15, -0.1) is 0 Å². The predicted octanol–water partition coefficient (Wildman–Crippen LogP) is 4.05. The van der Waals surface area contributed by atoms with Gasteiger partial charge in [0.05, 0.1) is 0 Å². The average Bonchev–Trinajstić information content (AvgIpc) is 3.21. The smallest absolute Gasteiger partial charge is 0.273 e. The fraction of sp³-hybridized carbons (Fsp3) is 0.500. The summed E-state index contributed by atoms with van der Waals surface area (Å²) in [4.78, 5) is 21.5. The van der Waals surface area contributed by atoms with E-state index >= 15 is 0 Å². The Kier molecular flexibility index (Phi) is 6.10. The second-order valence-corrected chi connectivity index (χ2v) is 8.96. The third-order valence-electron chi connectivity index (χ3n) is 5.49. The van der Waals surface area contributed by atoms with Crippen molar-refractivity contribution in [2.24, 2.45) is 0 Å². The first-order chi connectivity index (χ1) is 13.2. The van der Waals surface area contributed by atoms with Crippen molar-refractivity contribution in [3.63, 3.8) is 0 Å². The van der Waals surface area contributed by atoms with E-state index in [1.165, 1.54) is 0 Å². The molecule has 1 aromatic carbocycles. The van der Waals surface area contributed by atoms with Crippen LogP contribution in [0.1, 0.15) is 36.0 Å². The molecule has 2 aliphatic rings. The summed E-state index contributed by atoms with van der Waals surface area (Å²) in [5.41, 5.74) is 0.767. The Balaban J connectivity index is 1.24. The van der Waals surface area contributed by atoms with Crippen LogP contribution in [0, 0.1) is 0 Å². The molecule has 7 heteroatoms. The Hall–Kier alpha value is -1.44. The van der Waals surface area contributed by atoms with Crippen molar-refractivity contribution in [2.45, 2.75) is 37.8 Å². The number of rotatable bonds is 4. The van der Waals surface area contributed by atoms with E-state index in [4.69, 9.17) is 4.74 Å². The van der Waals surface area contributed by atoms with E-state index in [9.17, 15) is 4.79 Å². The molecule has 2 fully saturated rings. The van der Waals surface area contributed by atoms with Crippen molar-refractivity contribution < 1.29 is 9.53 Å². The summed E-state index contributed by atoms with van der Waals surface area (Å²) in [6, 6.07) is 8.25. The van der Waals surface area contributed by atoms with Gasteiger partial charge in [-0.3, -0.25) is 9.69 Å². The molecule has 2 aliphatic heterocycles. The molecule has 0 saturated carbocycles. The number of thiazole rings is 1. The number of hydrogen-bond donors (Lipinski definition) is 0. The number of carbonyl (C=O) groups excluding carboxylic acids is 1. The van der Waals surface area contributed by atoms with E-state index in [1.807, 2.05) is 34.5 Å². The topological polar surface area (TPSA) is 45.7 Å².